The zero-order valence-electron chi connectivity index (χ0n) is 8.92. The van der Waals surface area contributed by atoms with Gasteiger partial charge in [0.1, 0.15) is 17.8 Å². The maximum Gasteiger partial charge on any atom is 0.132 e. The number of hydrogen-bond acceptors (Lipinski definition) is 3. The lowest BCUT2D eigenvalue weighted by atomic mass is 9.98. The number of fused-ring (bicyclic) bond motifs is 3. The Hall–Kier alpha value is -2.29. The van der Waals surface area contributed by atoms with Crippen LogP contribution in [-0.2, 0) is 4.79 Å². The van der Waals surface area contributed by atoms with Gasteiger partial charge in [-0.2, -0.15) is 0 Å². The Morgan fingerprint density at radius 3 is 2.47 bits per heavy atom. The van der Waals surface area contributed by atoms with Crippen molar-refractivity contribution in [2.75, 3.05) is 0 Å². The van der Waals surface area contributed by atoms with E-state index in [2.05, 4.69) is 0 Å². The van der Waals surface area contributed by atoms with Gasteiger partial charge < -0.3 is 15.0 Å². The summed E-state index contributed by atoms with van der Waals surface area (Å²) in [4.78, 5) is 11.2. The van der Waals surface area contributed by atoms with Gasteiger partial charge in [0.05, 0.1) is 5.92 Å². The predicted octanol–water partition coefficient (Wildman–Crippen LogP) is 2.41. The van der Waals surface area contributed by atoms with Crippen LogP contribution in [0.15, 0.2) is 36.4 Å². The Labute approximate surface area is 98.0 Å². The van der Waals surface area contributed by atoms with E-state index in [1.807, 2.05) is 24.3 Å². The first-order valence-corrected chi connectivity index (χ1v) is 5.33. The molecule has 0 heterocycles. The van der Waals surface area contributed by atoms with Crippen LogP contribution in [0, 0.1) is 0 Å². The second-order valence-electron chi connectivity index (χ2n) is 4.09. The Morgan fingerprint density at radius 2 is 1.71 bits per heavy atom. The van der Waals surface area contributed by atoms with Gasteiger partial charge in [0.25, 0.3) is 0 Å². The van der Waals surface area contributed by atoms with Gasteiger partial charge in [-0.3, -0.25) is 0 Å². The van der Waals surface area contributed by atoms with Crippen LogP contribution in [0.4, 0.5) is 0 Å². The zero-order chi connectivity index (χ0) is 12.0. The van der Waals surface area contributed by atoms with E-state index in [4.69, 9.17) is 0 Å². The topological polar surface area (TPSA) is 57.5 Å². The zero-order valence-corrected chi connectivity index (χ0v) is 8.92. The van der Waals surface area contributed by atoms with Crippen LogP contribution in [0.2, 0.25) is 0 Å². The predicted molar refractivity (Wildman–Crippen MR) is 63.1 cm³/mol. The molecule has 0 radical (unpaired) electrons. The molecular weight excluding hydrogens is 216 g/mol. The molecule has 0 saturated heterocycles. The molecule has 3 nitrogen and oxygen atoms in total. The van der Waals surface area contributed by atoms with E-state index in [0.717, 1.165) is 17.4 Å². The van der Waals surface area contributed by atoms with E-state index < -0.39 is 5.92 Å². The third-order valence-corrected chi connectivity index (χ3v) is 3.21. The summed E-state index contributed by atoms with van der Waals surface area (Å²) in [7, 11) is 0. The number of hydrogen-bond donors (Lipinski definition) is 2. The molecule has 1 aliphatic carbocycles. The van der Waals surface area contributed by atoms with E-state index in [-0.39, 0.29) is 11.5 Å². The first kappa shape index (κ1) is 9.90. The minimum atomic E-state index is -0.492. The fourth-order valence-electron chi connectivity index (χ4n) is 2.49. The molecule has 0 bridgehead atoms. The minimum absolute atomic E-state index is 0.0473. The molecule has 0 aromatic heterocycles. The van der Waals surface area contributed by atoms with Crippen molar-refractivity contribution in [3.8, 4) is 22.6 Å². The minimum Gasteiger partial charge on any atom is -0.508 e. The van der Waals surface area contributed by atoms with Gasteiger partial charge in [0, 0.05) is 11.1 Å². The molecule has 2 aromatic carbocycles. The average molecular weight is 226 g/mol. The Bertz CT molecular complexity index is 617. The lowest BCUT2D eigenvalue weighted by Gasteiger charge is -2.07. The Balaban J connectivity index is 2.43. The quantitative estimate of drug-likeness (QED) is 0.580. The molecule has 3 rings (SSSR count). The molecule has 1 unspecified atom stereocenters. The normalized spacial score (nSPS) is 16.4. The van der Waals surface area contributed by atoms with Gasteiger partial charge in [-0.25, -0.2) is 0 Å². The van der Waals surface area contributed by atoms with Crippen molar-refractivity contribution >= 4 is 6.29 Å². The van der Waals surface area contributed by atoms with Gasteiger partial charge in [-0.05, 0) is 23.3 Å². The van der Waals surface area contributed by atoms with Crippen molar-refractivity contribution in [2.24, 2.45) is 0 Å². The van der Waals surface area contributed by atoms with Gasteiger partial charge in [0.2, 0.25) is 0 Å². The largest absolute Gasteiger partial charge is 0.508 e. The second-order valence-corrected chi connectivity index (χ2v) is 4.09. The summed E-state index contributed by atoms with van der Waals surface area (Å²) >= 11 is 0. The van der Waals surface area contributed by atoms with Crippen LogP contribution in [-0.4, -0.2) is 16.5 Å². The summed E-state index contributed by atoms with van der Waals surface area (Å²) in [6.07, 6.45) is 0.795. The monoisotopic (exact) mass is 226 g/mol. The molecule has 17 heavy (non-hydrogen) atoms. The molecule has 2 aromatic rings. The van der Waals surface area contributed by atoms with E-state index >= 15 is 0 Å². The summed E-state index contributed by atoms with van der Waals surface area (Å²) in [6, 6.07) is 10.2. The van der Waals surface area contributed by atoms with Crippen LogP contribution >= 0.6 is 0 Å². The summed E-state index contributed by atoms with van der Waals surface area (Å²) in [5.74, 6) is -0.353. The summed E-state index contributed by atoms with van der Waals surface area (Å²) in [5.41, 5.74) is 2.71. The summed E-state index contributed by atoms with van der Waals surface area (Å²) in [6.45, 7) is 0. The lowest BCUT2D eigenvalue weighted by Crippen LogP contribution is -1.97. The second kappa shape index (κ2) is 3.35. The highest BCUT2D eigenvalue weighted by Crippen LogP contribution is 2.51. The van der Waals surface area contributed by atoms with Crippen molar-refractivity contribution in [3.05, 3.63) is 47.5 Å². The lowest BCUT2D eigenvalue weighted by molar-refractivity contribution is -0.108. The highest BCUT2D eigenvalue weighted by molar-refractivity contribution is 5.92. The van der Waals surface area contributed by atoms with Crippen molar-refractivity contribution in [1.82, 2.24) is 0 Å². The fraction of sp³-hybridized carbons (Fsp3) is 0.0714. The van der Waals surface area contributed by atoms with E-state index in [1.54, 1.807) is 0 Å². The van der Waals surface area contributed by atoms with E-state index in [9.17, 15) is 15.0 Å². The van der Waals surface area contributed by atoms with Crippen LogP contribution in [0.25, 0.3) is 11.1 Å². The first-order valence-electron chi connectivity index (χ1n) is 5.33. The van der Waals surface area contributed by atoms with Crippen LogP contribution in [0.3, 0.4) is 0 Å². The SMILES string of the molecule is O=CC1c2ccccc2-c2c(O)ccc(O)c21. The maximum absolute atomic E-state index is 11.2. The van der Waals surface area contributed by atoms with Gasteiger partial charge in [0.15, 0.2) is 0 Å². The Kier molecular flexibility index (Phi) is 1.95. The number of carbonyl (C=O) groups is 1. The summed E-state index contributed by atoms with van der Waals surface area (Å²) in [5, 5.41) is 19.7. The van der Waals surface area contributed by atoms with Gasteiger partial charge in [-0.1, -0.05) is 24.3 Å². The molecule has 0 spiro atoms. The smallest absolute Gasteiger partial charge is 0.132 e. The molecule has 0 fully saturated rings. The van der Waals surface area contributed by atoms with Crippen LogP contribution in [0.5, 0.6) is 11.5 Å². The third-order valence-electron chi connectivity index (χ3n) is 3.21. The molecule has 0 amide bonds. The molecule has 0 saturated carbocycles. The van der Waals surface area contributed by atoms with Crippen molar-refractivity contribution in [2.45, 2.75) is 5.92 Å². The standard InChI is InChI=1S/C14H10O3/c15-7-10-8-3-1-2-4-9(8)13-11(16)5-6-12(17)14(10)13/h1-7,10,16-17H. The number of phenolic OH excluding ortho intramolecular Hbond substituents is 2. The fourth-order valence-corrected chi connectivity index (χ4v) is 2.49. The van der Waals surface area contributed by atoms with Gasteiger partial charge in [-0.15, -0.1) is 0 Å². The average Bonchev–Trinajstić information content (AvgIpc) is 2.69. The molecule has 1 atom stereocenters. The van der Waals surface area contributed by atoms with Crippen LogP contribution in [0.1, 0.15) is 17.0 Å². The number of phenols is 2. The van der Waals surface area contributed by atoms with Crippen molar-refractivity contribution in [3.63, 3.8) is 0 Å². The molecule has 3 heteroatoms. The van der Waals surface area contributed by atoms with E-state index in [0.29, 0.717) is 11.1 Å². The highest BCUT2D eigenvalue weighted by Gasteiger charge is 2.32. The van der Waals surface area contributed by atoms with E-state index in [1.165, 1.54) is 12.1 Å². The van der Waals surface area contributed by atoms with Crippen LogP contribution < -0.4 is 0 Å². The summed E-state index contributed by atoms with van der Waals surface area (Å²) < 4.78 is 0. The number of carbonyl (C=O) groups excluding carboxylic acids is 1. The number of aromatic hydroxyl groups is 2. The number of benzene rings is 2. The van der Waals surface area contributed by atoms with Crippen molar-refractivity contribution in [1.29, 1.82) is 0 Å². The molecule has 1 aliphatic rings. The number of aldehydes is 1. The third kappa shape index (κ3) is 1.19. The molecule has 0 aliphatic heterocycles. The molecular formula is C14H10O3. The molecule has 2 N–H and O–H groups in total. The first-order chi connectivity index (χ1) is 8.24. The van der Waals surface area contributed by atoms with Gasteiger partial charge >= 0.3 is 0 Å². The highest BCUT2D eigenvalue weighted by atomic mass is 16.3. The Morgan fingerprint density at radius 1 is 1.00 bits per heavy atom. The molecule has 84 valence electrons. The van der Waals surface area contributed by atoms with Crippen molar-refractivity contribution < 1.29 is 15.0 Å². The number of rotatable bonds is 1. The maximum atomic E-state index is 11.2.